The molecule has 0 N–H and O–H groups in total. The van der Waals surface area contributed by atoms with Crippen LogP contribution in [0.25, 0.3) is 5.69 Å². The highest BCUT2D eigenvalue weighted by atomic mass is 79.9. The minimum atomic E-state index is -0.396. The maximum Gasteiger partial charge on any atom is 0.285 e. The van der Waals surface area contributed by atoms with Crippen molar-refractivity contribution in [2.75, 3.05) is 38.1 Å². The Hall–Kier alpha value is -3.18. The monoisotopic (exact) mass is 482 g/mol. The van der Waals surface area contributed by atoms with Crippen LogP contribution < -0.4 is 4.90 Å². The van der Waals surface area contributed by atoms with Crippen LogP contribution in [0.4, 0.5) is 11.6 Å². The van der Waals surface area contributed by atoms with Gasteiger partial charge in [0.1, 0.15) is 6.54 Å². The van der Waals surface area contributed by atoms with Gasteiger partial charge in [-0.15, -0.1) is 10.2 Å². The van der Waals surface area contributed by atoms with Crippen LogP contribution in [0.3, 0.4) is 0 Å². The van der Waals surface area contributed by atoms with Gasteiger partial charge in [0.25, 0.3) is 5.69 Å². The predicted octanol–water partition coefficient (Wildman–Crippen LogP) is 2.44. The average molecular weight is 483 g/mol. The Bertz CT molecular complexity index is 1190. The minimum absolute atomic E-state index is 0.0231. The molecule has 3 aromatic rings. The van der Waals surface area contributed by atoms with E-state index < -0.39 is 4.92 Å². The van der Waals surface area contributed by atoms with Gasteiger partial charge in [-0.3, -0.25) is 24.7 Å². The van der Waals surface area contributed by atoms with E-state index in [0.29, 0.717) is 39.9 Å². The van der Waals surface area contributed by atoms with Gasteiger partial charge < -0.3 is 9.80 Å². The maximum atomic E-state index is 11.7. The average Bonchev–Trinajstić information content (AvgIpc) is 3.12. The number of nitrogens with zero attached hydrogens (tertiary/aromatic N) is 8. The second-order valence-electron chi connectivity index (χ2n) is 7.50. The first-order valence-electron chi connectivity index (χ1n) is 9.85. The maximum absolute atomic E-state index is 11.7. The Morgan fingerprint density at radius 2 is 1.94 bits per heavy atom. The van der Waals surface area contributed by atoms with E-state index in [1.807, 2.05) is 22.8 Å². The number of aliphatic imine (C=N–C) groups is 1. The molecule has 0 amide bonds. The third-order valence-electron chi connectivity index (χ3n) is 5.54. The third-order valence-corrected chi connectivity index (χ3v) is 6.18. The largest absolute Gasteiger partial charge is 0.338 e. The number of benzene rings is 1. The summed E-state index contributed by atoms with van der Waals surface area (Å²) in [5, 5.41) is 20.5. The van der Waals surface area contributed by atoms with Gasteiger partial charge in [-0.1, -0.05) is 6.07 Å². The molecule has 2 aliphatic heterocycles. The number of anilines is 1. The second-order valence-corrected chi connectivity index (χ2v) is 8.35. The molecule has 0 unspecified atom stereocenters. The molecule has 2 aliphatic rings. The fraction of sp³-hybridized carbons (Fsp3) is 0.300. The first-order chi connectivity index (χ1) is 15.0. The number of hydrogen-bond donors (Lipinski definition) is 0. The summed E-state index contributed by atoms with van der Waals surface area (Å²) in [6.45, 7) is 3.72. The molecule has 31 heavy (non-hydrogen) atoms. The van der Waals surface area contributed by atoms with Gasteiger partial charge in [0, 0.05) is 44.0 Å². The molecule has 10 nitrogen and oxygen atoms in total. The summed E-state index contributed by atoms with van der Waals surface area (Å²) in [6.07, 6.45) is 1.71. The zero-order valence-corrected chi connectivity index (χ0v) is 18.4. The van der Waals surface area contributed by atoms with E-state index in [0.717, 1.165) is 31.7 Å². The van der Waals surface area contributed by atoms with E-state index in [4.69, 9.17) is 4.99 Å². The van der Waals surface area contributed by atoms with Crippen molar-refractivity contribution in [3.63, 3.8) is 0 Å². The molecular formula is C20H19BrN8O2. The van der Waals surface area contributed by atoms with Crippen molar-refractivity contribution in [2.24, 2.45) is 4.99 Å². The van der Waals surface area contributed by atoms with E-state index >= 15 is 0 Å². The SMILES string of the molecule is CN1CCN(c2nnc3n2-c2cc([N+](=O)[O-])c(Br)cc2C(c2ccccn2)=NC3)CC1. The van der Waals surface area contributed by atoms with Crippen LogP contribution in [0.5, 0.6) is 0 Å². The highest BCUT2D eigenvalue weighted by molar-refractivity contribution is 9.10. The lowest BCUT2D eigenvalue weighted by Crippen LogP contribution is -2.45. The van der Waals surface area contributed by atoms with Crippen molar-refractivity contribution in [1.29, 1.82) is 0 Å². The van der Waals surface area contributed by atoms with Crippen LogP contribution >= 0.6 is 15.9 Å². The summed E-state index contributed by atoms with van der Waals surface area (Å²) < 4.78 is 2.29. The van der Waals surface area contributed by atoms with Crippen molar-refractivity contribution in [1.82, 2.24) is 24.6 Å². The number of halogens is 1. The molecule has 11 heteroatoms. The lowest BCUT2D eigenvalue weighted by atomic mass is 10.0. The molecule has 0 bridgehead atoms. The number of nitro benzene ring substituents is 1. The molecular weight excluding hydrogens is 464 g/mol. The predicted molar refractivity (Wildman–Crippen MR) is 119 cm³/mol. The van der Waals surface area contributed by atoms with Crippen molar-refractivity contribution < 1.29 is 4.92 Å². The Labute approximate surface area is 186 Å². The second kappa shape index (κ2) is 7.82. The van der Waals surface area contributed by atoms with Gasteiger partial charge in [-0.2, -0.15) is 0 Å². The number of hydrogen-bond acceptors (Lipinski definition) is 8. The summed E-state index contributed by atoms with van der Waals surface area (Å²) in [5.74, 6) is 1.32. The summed E-state index contributed by atoms with van der Waals surface area (Å²) in [4.78, 5) is 25.0. The molecule has 0 radical (unpaired) electrons. The number of piperazine rings is 1. The molecule has 1 saturated heterocycles. The highest BCUT2D eigenvalue weighted by Crippen LogP contribution is 2.35. The lowest BCUT2D eigenvalue weighted by molar-refractivity contribution is -0.385. The Balaban J connectivity index is 1.72. The molecule has 1 aromatic carbocycles. The number of aromatic nitrogens is 4. The van der Waals surface area contributed by atoms with Gasteiger partial charge in [0.05, 0.1) is 26.5 Å². The van der Waals surface area contributed by atoms with Crippen LogP contribution in [0.15, 0.2) is 46.0 Å². The van der Waals surface area contributed by atoms with Gasteiger partial charge in [0.2, 0.25) is 5.95 Å². The van der Waals surface area contributed by atoms with Crippen LogP contribution in [0.2, 0.25) is 0 Å². The summed E-state index contributed by atoms with van der Waals surface area (Å²) >= 11 is 3.36. The van der Waals surface area contributed by atoms with Crippen molar-refractivity contribution >= 4 is 33.3 Å². The Morgan fingerprint density at radius 3 is 2.65 bits per heavy atom. The first kappa shape index (κ1) is 19.8. The number of likely N-dealkylation sites (N-methyl/N-ethyl adjacent to an activating group) is 1. The molecule has 5 rings (SSSR count). The van der Waals surface area contributed by atoms with E-state index in [-0.39, 0.29) is 5.69 Å². The highest BCUT2D eigenvalue weighted by Gasteiger charge is 2.30. The quantitative estimate of drug-likeness (QED) is 0.416. The lowest BCUT2D eigenvalue weighted by Gasteiger charge is -2.33. The molecule has 4 heterocycles. The molecule has 0 aliphatic carbocycles. The van der Waals surface area contributed by atoms with Crippen LogP contribution in [0, 0.1) is 10.1 Å². The van der Waals surface area contributed by atoms with Gasteiger partial charge in [-0.05, 0) is 41.2 Å². The van der Waals surface area contributed by atoms with Crippen LogP contribution in [-0.2, 0) is 6.54 Å². The molecule has 1 fully saturated rings. The molecule has 0 atom stereocenters. The number of rotatable bonds is 3. The zero-order chi connectivity index (χ0) is 21.5. The summed E-state index contributed by atoms with van der Waals surface area (Å²) in [6, 6.07) is 8.92. The normalized spacial score (nSPS) is 16.3. The van der Waals surface area contributed by atoms with E-state index in [9.17, 15) is 10.1 Å². The summed E-state index contributed by atoms with van der Waals surface area (Å²) in [5.41, 5.74) is 2.71. The molecule has 0 saturated carbocycles. The zero-order valence-electron chi connectivity index (χ0n) is 16.8. The van der Waals surface area contributed by atoms with E-state index in [1.54, 1.807) is 18.3 Å². The Morgan fingerprint density at radius 1 is 1.13 bits per heavy atom. The van der Waals surface area contributed by atoms with E-state index in [2.05, 4.69) is 48.0 Å². The van der Waals surface area contributed by atoms with Crippen LogP contribution in [0.1, 0.15) is 17.1 Å². The number of fused-ring (bicyclic) bond motifs is 3. The molecule has 0 spiro atoms. The topological polar surface area (TPSA) is 106 Å². The fourth-order valence-corrected chi connectivity index (χ4v) is 4.38. The third kappa shape index (κ3) is 3.49. The smallest absolute Gasteiger partial charge is 0.285 e. The molecule has 158 valence electrons. The number of pyridine rings is 1. The Kier molecular flexibility index (Phi) is 4.98. The number of nitro groups is 1. The van der Waals surface area contributed by atoms with Gasteiger partial charge in [-0.25, -0.2) is 0 Å². The van der Waals surface area contributed by atoms with Crippen LogP contribution in [-0.4, -0.2) is 68.5 Å². The van der Waals surface area contributed by atoms with Crippen molar-refractivity contribution in [3.05, 3.63) is 68.2 Å². The van der Waals surface area contributed by atoms with E-state index in [1.165, 1.54) is 0 Å². The summed E-state index contributed by atoms with van der Waals surface area (Å²) in [7, 11) is 2.09. The first-order valence-corrected chi connectivity index (χ1v) is 10.6. The van der Waals surface area contributed by atoms with Crippen molar-refractivity contribution in [3.8, 4) is 5.69 Å². The van der Waals surface area contributed by atoms with Crippen molar-refractivity contribution in [2.45, 2.75) is 6.54 Å². The fourth-order valence-electron chi connectivity index (χ4n) is 3.89. The minimum Gasteiger partial charge on any atom is -0.338 e. The standard InChI is InChI=1S/C20H19BrN8O2/c1-26-6-8-27(9-7-26)20-25-24-18-12-23-19(15-4-2-3-5-22-15)13-10-14(21)17(29(30)31)11-16(13)28(18)20/h2-5,10-11H,6-9,12H2,1H3. The van der Waals surface area contributed by atoms with Gasteiger partial charge in [0.15, 0.2) is 5.82 Å². The van der Waals surface area contributed by atoms with Gasteiger partial charge >= 0.3 is 0 Å². The molecule has 2 aromatic heterocycles.